The van der Waals surface area contributed by atoms with Crippen LogP contribution in [0.1, 0.15) is 41.4 Å². The number of hydrogen-bond acceptors (Lipinski definition) is 5. The summed E-state index contributed by atoms with van der Waals surface area (Å²) in [5.74, 6) is 0.873. The molecule has 0 saturated carbocycles. The molecule has 5 heteroatoms. The van der Waals surface area contributed by atoms with Crippen LogP contribution < -0.4 is 10.6 Å². The van der Waals surface area contributed by atoms with Crippen molar-refractivity contribution in [1.29, 1.82) is 0 Å². The summed E-state index contributed by atoms with van der Waals surface area (Å²) >= 11 is 0. The summed E-state index contributed by atoms with van der Waals surface area (Å²) in [6, 6.07) is 19.7. The standard InChI is InChI=1S/C23H24N4O/c1-23(17-7-3-2-4-8-17)12-15-27(16-13-23)20-11-5-10-19(26-20)21(28)18-9-6-14-25-22(18)24/h2-11,14H,12-13,15-16H2,1H3,(H2,24,25). The fraction of sp³-hybridized carbons (Fsp3) is 0.261. The number of benzene rings is 1. The number of nitrogen functional groups attached to an aromatic ring is 1. The first-order valence-electron chi connectivity index (χ1n) is 9.60. The minimum Gasteiger partial charge on any atom is -0.383 e. The fourth-order valence-electron chi connectivity index (χ4n) is 3.83. The van der Waals surface area contributed by atoms with Crippen molar-refractivity contribution in [1.82, 2.24) is 9.97 Å². The second-order valence-corrected chi connectivity index (χ2v) is 7.56. The quantitative estimate of drug-likeness (QED) is 0.704. The Hall–Kier alpha value is -3.21. The summed E-state index contributed by atoms with van der Waals surface area (Å²) in [5.41, 5.74) is 8.21. The van der Waals surface area contributed by atoms with Crippen molar-refractivity contribution >= 4 is 17.4 Å². The highest BCUT2D eigenvalue weighted by molar-refractivity contribution is 6.10. The Morgan fingerprint density at radius 3 is 2.46 bits per heavy atom. The van der Waals surface area contributed by atoms with Crippen LogP contribution >= 0.6 is 0 Å². The molecule has 3 heterocycles. The molecule has 0 amide bonds. The zero-order valence-corrected chi connectivity index (χ0v) is 16.0. The number of rotatable bonds is 4. The van der Waals surface area contributed by atoms with E-state index in [4.69, 9.17) is 5.73 Å². The van der Waals surface area contributed by atoms with E-state index in [1.165, 1.54) is 5.56 Å². The normalized spacial score (nSPS) is 16.0. The van der Waals surface area contributed by atoms with Crippen LogP contribution in [0.15, 0.2) is 66.9 Å². The topological polar surface area (TPSA) is 72.1 Å². The molecule has 5 nitrogen and oxygen atoms in total. The minimum atomic E-state index is -0.196. The molecule has 1 aromatic carbocycles. The van der Waals surface area contributed by atoms with Gasteiger partial charge in [0.1, 0.15) is 17.3 Å². The first-order valence-corrected chi connectivity index (χ1v) is 9.60. The van der Waals surface area contributed by atoms with Gasteiger partial charge in [-0.1, -0.05) is 43.3 Å². The van der Waals surface area contributed by atoms with E-state index in [9.17, 15) is 4.79 Å². The lowest BCUT2D eigenvalue weighted by atomic mass is 9.74. The number of ketones is 1. The number of nitrogens with zero attached hydrogens (tertiary/aromatic N) is 3. The van der Waals surface area contributed by atoms with Gasteiger partial charge in [-0.05, 0) is 48.1 Å². The van der Waals surface area contributed by atoms with Crippen LogP contribution in [-0.4, -0.2) is 28.8 Å². The first-order chi connectivity index (χ1) is 13.6. The van der Waals surface area contributed by atoms with Crippen molar-refractivity contribution in [2.24, 2.45) is 0 Å². The van der Waals surface area contributed by atoms with Crippen molar-refractivity contribution in [2.45, 2.75) is 25.2 Å². The van der Waals surface area contributed by atoms with E-state index in [0.29, 0.717) is 11.3 Å². The zero-order chi connectivity index (χ0) is 19.6. The second-order valence-electron chi connectivity index (χ2n) is 7.56. The lowest BCUT2D eigenvalue weighted by Gasteiger charge is -2.40. The van der Waals surface area contributed by atoms with Crippen LogP contribution in [0.2, 0.25) is 0 Å². The Kier molecular flexibility index (Phi) is 4.82. The molecule has 0 aliphatic carbocycles. The van der Waals surface area contributed by atoms with Gasteiger partial charge in [-0.3, -0.25) is 4.79 Å². The molecule has 1 aliphatic rings. The average Bonchev–Trinajstić information content (AvgIpc) is 2.75. The Labute approximate surface area is 165 Å². The maximum absolute atomic E-state index is 12.8. The van der Waals surface area contributed by atoms with Crippen molar-refractivity contribution in [2.75, 3.05) is 23.7 Å². The molecule has 28 heavy (non-hydrogen) atoms. The van der Waals surface area contributed by atoms with Crippen LogP contribution in [-0.2, 0) is 5.41 Å². The molecule has 4 rings (SSSR count). The van der Waals surface area contributed by atoms with E-state index in [1.807, 2.05) is 12.1 Å². The van der Waals surface area contributed by atoms with Gasteiger partial charge in [0, 0.05) is 19.3 Å². The van der Waals surface area contributed by atoms with Crippen LogP contribution in [0.25, 0.3) is 0 Å². The predicted octanol–water partition coefficient (Wildman–Crippen LogP) is 3.85. The third-order valence-corrected chi connectivity index (χ3v) is 5.71. The number of aromatic nitrogens is 2. The van der Waals surface area contributed by atoms with E-state index < -0.39 is 0 Å². The molecule has 0 spiro atoms. The van der Waals surface area contributed by atoms with Gasteiger partial charge >= 0.3 is 0 Å². The van der Waals surface area contributed by atoms with E-state index in [0.717, 1.165) is 31.7 Å². The van der Waals surface area contributed by atoms with Crippen molar-refractivity contribution in [3.63, 3.8) is 0 Å². The monoisotopic (exact) mass is 372 g/mol. The van der Waals surface area contributed by atoms with E-state index in [-0.39, 0.29) is 17.0 Å². The van der Waals surface area contributed by atoms with Gasteiger partial charge in [0.05, 0.1) is 5.56 Å². The van der Waals surface area contributed by atoms with Gasteiger partial charge in [0.15, 0.2) is 0 Å². The molecule has 3 aromatic rings. The first kappa shape index (κ1) is 18.2. The third-order valence-electron chi connectivity index (χ3n) is 5.71. The van der Waals surface area contributed by atoms with Gasteiger partial charge in [-0.2, -0.15) is 0 Å². The van der Waals surface area contributed by atoms with Crippen LogP contribution in [0.4, 0.5) is 11.6 Å². The maximum atomic E-state index is 12.8. The number of nitrogens with two attached hydrogens (primary N) is 1. The summed E-state index contributed by atoms with van der Waals surface area (Å²) in [4.78, 5) is 23.7. The molecular weight excluding hydrogens is 348 g/mol. The second kappa shape index (κ2) is 7.43. The van der Waals surface area contributed by atoms with Crippen LogP contribution in [0, 0.1) is 0 Å². The smallest absolute Gasteiger partial charge is 0.215 e. The Morgan fingerprint density at radius 2 is 1.75 bits per heavy atom. The molecule has 0 atom stereocenters. The van der Waals surface area contributed by atoms with Crippen molar-refractivity contribution < 1.29 is 4.79 Å². The molecule has 1 aliphatic heterocycles. The van der Waals surface area contributed by atoms with E-state index in [1.54, 1.807) is 24.4 Å². The SMILES string of the molecule is CC1(c2ccccc2)CCN(c2cccc(C(=O)c3cccnc3N)n2)CC1. The van der Waals surface area contributed by atoms with Gasteiger partial charge in [-0.15, -0.1) is 0 Å². The molecule has 0 radical (unpaired) electrons. The van der Waals surface area contributed by atoms with Gasteiger partial charge in [0.25, 0.3) is 0 Å². The summed E-state index contributed by atoms with van der Waals surface area (Å²) < 4.78 is 0. The highest BCUT2D eigenvalue weighted by Gasteiger charge is 2.32. The number of anilines is 2. The van der Waals surface area contributed by atoms with Gasteiger partial charge in [-0.25, -0.2) is 9.97 Å². The molecule has 0 bridgehead atoms. The van der Waals surface area contributed by atoms with Crippen LogP contribution in [0.3, 0.4) is 0 Å². The number of hydrogen-bond donors (Lipinski definition) is 1. The number of pyridine rings is 2. The molecule has 142 valence electrons. The van der Waals surface area contributed by atoms with E-state index >= 15 is 0 Å². The van der Waals surface area contributed by atoms with Crippen molar-refractivity contribution in [3.8, 4) is 0 Å². The molecule has 2 aromatic heterocycles. The third kappa shape index (κ3) is 3.48. The number of piperidine rings is 1. The van der Waals surface area contributed by atoms with Gasteiger partial charge < -0.3 is 10.6 Å². The Morgan fingerprint density at radius 1 is 1.00 bits per heavy atom. The maximum Gasteiger partial charge on any atom is 0.215 e. The summed E-state index contributed by atoms with van der Waals surface area (Å²) in [6.45, 7) is 4.15. The van der Waals surface area contributed by atoms with Crippen LogP contribution in [0.5, 0.6) is 0 Å². The number of carbonyl (C=O) groups excluding carboxylic acids is 1. The average molecular weight is 372 g/mol. The summed E-state index contributed by atoms with van der Waals surface area (Å²) in [7, 11) is 0. The highest BCUT2D eigenvalue weighted by Crippen LogP contribution is 2.36. The lowest BCUT2D eigenvalue weighted by molar-refractivity contribution is 0.103. The largest absolute Gasteiger partial charge is 0.383 e. The molecule has 1 fully saturated rings. The molecular formula is C23H24N4O. The molecule has 0 unspecified atom stereocenters. The van der Waals surface area contributed by atoms with Crippen molar-refractivity contribution in [3.05, 3.63) is 83.7 Å². The Bertz CT molecular complexity index is 979. The summed E-state index contributed by atoms with van der Waals surface area (Å²) in [6.07, 6.45) is 3.67. The molecule has 2 N–H and O–H groups in total. The lowest BCUT2D eigenvalue weighted by Crippen LogP contribution is -2.41. The zero-order valence-electron chi connectivity index (χ0n) is 16.0. The highest BCUT2D eigenvalue weighted by atomic mass is 16.1. The minimum absolute atomic E-state index is 0.176. The fourth-order valence-corrected chi connectivity index (χ4v) is 3.83. The molecule has 1 saturated heterocycles. The van der Waals surface area contributed by atoms with E-state index in [2.05, 4.69) is 52.1 Å². The predicted molar refractivity (Wildman–Crippen MR) is 112 cm³/mol. The number of carbonyl (C=O) groups is 1. The van der Waals surface area contributed by atoms with Gasteiger partial charge in [0.2, 0.25) is 5.78 Å². The summed E-state index contributed by atoms with van der Waals surface area (Å²) in [5, 5.41) is 0. The Balaban J connectivity index is 1.52.